The van der Waals surface area contributed by atoms with Crippen molar-refractivity contribution in [3.05, 3.63) is 229 Å². The molecule has 0 N–H and O–H groups in total. The van der Waals surface area contributed by atoms with Crippen molar-refractivity contribution in [3.63, 3.8) is 0 Å². The second-order valence-electron chi connectivity index (χ2n) is 16.6. The van der Waals surface area contributed by atoms with Crippen LogP contribution in [0.15, 0.2) is 212 Å². The molecule has 0 unspecified atom stereocenters. The summed E-state index contributed by atoms with van der Waals surface area (Å²) in [7, 11) is 2.58. The molecule has 1 fully saturated rings. The predicted molar refractivity (Wildman–Crippen MR) is 259 cm³/mol. The first-order valence-corrected chi connectivity index (χ1v) is 26.3. The Morgan fingerprint density at radius 1 is 0.483 bits per heavy atom. The van der Waals surface area contributed by atoms with E-state index in [9.17, 15) is 0 Å². The van der Waals surface area contributed by atoms with E-state index in [4.69, 9.17) is 9.47 Å². The third-order valence-electron chi connectivity index (χ3n) is 13.6. The Morgan fingerprint density at radius 3 is 1.19 bits per heavy atom. The molecule has 0 aliphatic heterocycles. The third kappa shape index (κ3) is 7.81. The van der Waals surface area contributed by atoms with E-state index >= 15 is 0 Å². The third-order valence-corrected chi connectivity index (χ3v) is 23.3. The van der Waals surface area contributed by atoms with Crippen molar-refractivity contribution in [3.8, 4) is 0 Å². The Labute approximate surface area is 349 Å². The first kappa shape index (κ1) is 40.2. The van der Waals surface area contributed by atoms with Gasteiger partial charge in [0.2, 0.25) is 0 Å². The van der Waals surface area contributed by atoms with Gasteiger partial charge in [0.15, 0.2) is 0 Å². The van der Waals surface area contributed by atoms with Crippen LogP contribution in [0, 0.1) is 11.8 Å². The molecule has 0 bridgehead atoms. The molecular weight excluding hydrogens is 740 g/mol. The molecule has 0 saturated heterocycles. The molecule has 2 nitrogen and oxygen atoms in total. The molecule has 0 radical (unpaired) electrons. The van der Waals surface area contributed by atoms with E-state index in [0.29, 0.717) is 24.1 Å². The monoisotopic (exact) mass is 796 g/mol. The maximum atomic E-state index is 7.55. The number of ether oxygens (including phenoxy) is 2. The summed E-state index contributed by atoms with van der Waals surface area (Å²) in [6.07, 6.45) is 3.19. The van der Waals surface area contributed by atoms with Gasteiger partial charge < -0.3 is 0 Å². The van der Waals surface area contributed by atoms with Crippen molar-refractivity contribution in [2.24, 2.45) is 11.8 Å². The van der Waals surface area contributed by atoms with E-state index in [1.807, 2.05) is 7.11 Å². The van der Waals surface area contributed by atoms with E-state index in [2.05, 4.69) is 227 Å². The van der Waals surface area contributed by atoms with Gasteiger partial charge in [-0.15, -0.1) is 0 Å². The molecule has 1 aliphatic rings. The van der Waals surface area contributed by atoms with E-state index < -0.39 is 19.9 Å². The minimum atomic E-state index is -2.37. The zero-order chi connectivity index (χ0) is 39.8. The van der Waals surface area contributed by atoms with E-state index in [-0.39, 0.29) is 6.10 Å². The van der Waals surface area contributed by atoms with Crippen molar-refractivity contribution >= 4 is 50.6 Å². The fourth-order valence-corrected chi connectivity index (χ4v) is 19.9. The van der Waals surface area contributed by atoms with Crippen LogP contribution in [0.5, 0.6) is 0 Å². The maximum absolute atomic E-state index is 7.55. The zero-order valence-corrected chi connectivity index (χ0v) is 36.2. The van der Waals surface area contributed by atoms with Crippen LogP contribution in [0.2, 0.25) is 0 Å². The minimum absolute atomic E-state index is 0.113. The Bertz CT molecular complexity index is 2130. The van der Waals surface area contributed by atoms with Crippen LogP contribution in [0.4, 0.5) is 0 Å². The standard InChI is InChI=1S/C52H56B2O2P2/c1-55-50-39-51(58(54,46-33-19-7-20-34-46)47-35-21-8-22-36-47)49(40-57(53,44-29-15-5-16-30-44)45-31-17-6-18-32-45)48(50)37-38-56-52(41-23-9-2-10-24-41,42-25-11-3-12-26-42)43-27-13-4-14-28-43/h2-36,48-51,57-58H,37-40,53-54H2,1H3/t48-,49-,50+,51+/m1/s1. The van der Waals surface area contributed by atoms with Gasteiger partial charge in [-0.2, -0.15) is 0 Å². The Balaban J connectivity index is 1.25. The fourth-order valence-electron chi connectivity index (χ4n) is 10.6. The molecule has 0 spiro atoms. The van der Waals surface area contributed by atoms with Crippen LogP contribution >= 0.6 is 14.3 Å². The molecular formula is C52H56B2O2P2. The van der Waals surface area contributed by atoms with Gasteiger partial charge in [0, 0.05) is 0 Å². The van der Waals surface area contributed by atoms with Crippen molar-refractivity contribution in [2.75, 3.05) is 19.9 Å². The molecule has 4 atom stereocenters. The number of methoxy groups -OCH3 is 1. The first-order chi connectivity index (χ1) is 28.5. The van der Waals surface area contributed by atoms with Crippen LogP contribution < -0.4 is 21.2 Å². The zero-order valence-electron chi connectivity index (χ0n) is 34.2. The molecule has 1 aliphatic carbocycles. The molecule has 7 aromatic rings. The number of rotatable bonds is 15. The first-order valence-electron chi connectivity index (χ1n) is 21.0. The second kappa shape index (κ2) is 18.2. The van der Waals surface area contributed by atoms with Gasteiger partial charge in [-0.3, -0.25) is 0 Å². The Kier molecular flexibility index (Phi) is 12.6. The van der Waals surface area contributed by atoms with Crippen molar-refractivity contribution in [1.82, 2.24) is 0 Å². The quantitative estimate of drug-likeness (QED) is 0.0591. The van der Waals surface area contributed by atoms with E-state index in [0.717, 1.165) is 35.7 Å². The normalized spacial score (nSPS) is 19.1. The number of hydrogen-bond donors (Lipinski definition) is 0. The average molecular weight is 797 g/mol. The number of hydrogen-bond acceptors (Lipinski definition) is 2. The van der Waals surface area contributed by atoms with Gasteiger partial charge in [-0.25, -0.2) is 0 Å². The summed E-state index contributed by atoms with van der Waals surface area (Å²) in [5.41, 5.74) is 3.09. The summed E-state index contributed by atoms with van der Waals surface area (Å²) in [6.45, 7) is 0.594. The average Bonchev–Trinajstić information content (AvgIpc) is 3.66. The van der Waals surface area contributed by atoms with Gasteiger partial charge in [-0.1, -0.05) is 0 Å². The van der Waals surface area contributed by atoms with Crippen molar-refractivity contribution < 1.29 is 9.47 Å². The molecule has 8 rings (SSSR count). The summed E-state index contributed by atoms with van der Waals surface area (Å²) in [5, 5.41) is 5.99. The fraction of sp³-hybridized carbons (Fsp3) is 0.192. The predicted octanol–water partition coefficient (Wildman–Crippen LogP) is 8.30. The van der Waals surface area contributed by atoms with Crippen LogP contribution in [0.1, 0.15) is 29.5 Å². The van der Waals surface area contributed by atoms with Crippen LogP contribution in [-0.4, -0.2) is 46.8 Å². The molecule has 1 saturated carbocycles. The molecule has 0 aromatic heterocycles. The van der Waals surface area contributed by atoms with Crippen molar-refractivity contribution in [2.45, 2.75) is 30.2 Å². The van der Waals surface area contributed by atoms with Gasteiger partial charge in [-0.05, 0) is 0 Å². The molecule has 6 heteroatoms. The molecule has 292 valence electrons. The van der Waals surface area contributed by atoms with Crippen molar-refractivity contribution in [1.29, 1.82) is 0 Å². The molecule has 58 heavy (non-hydrogen) atoms. The summed E-state index contributed by atoms with van der Waals surface area (Å²) in [5.74, 6) is 0.704. The number of benzene rings is 7. The van der Waals surface area contributed by atoms with Gasteiger partial charge in [0.05, 0.1) is 0 Å². The Morgan fingerprint density at radius 2 is 0.828 bits per heavy atom. The van der Waals surface area contributed by atoms with Crippen LogP contribution in [0.25, 0.3) is 0 Å². The summed E-state index contributed by atoms with van der Waals surface area (Å²) < 4.78 is 14.2. The van der Waals surface area contributed by atoms with E-state index in [1.54, 1.807) is 0 Å². The summed E-state index contributed by atoms with van der Waals surface area (Å²) in [6, 6.07) is 78.2. The SMILES string of the molecule is B[PH](C[C@@H]1[C@@H](CCOC(c2ccccc2)(c2ccccc2)c2ccccc2)[C@@H](OC)C[C@@H]1[PH](B)(c1ccccc1)c1ccccc1)(c1ccccc1)c1ccccc1. The van der Waals surface area contributed by atoms with Gasteiger partial charge in [0.1, 0.15) is 0 Å². The van der Waals surface area contributed by atoms with Gasteiger partial charge >= 0.3 is 351 Å². The van der Waals surface area contributed by atoms with Crippen LogP contribution in [0.3, 0.4) is 0 Å². The van der Waals surface area contributed by atoms with E-state index in [1.165, 1.54) is 21.2 Å². The second-order valence-corrected chi connectivity index (χ2v) is 25.1. The topological polar surface area (TPSA) is 18.5 Å². The molecule has 0 amide bonds. The summed E-state index contributed by atoms with van der Waals surface area (Å²) >= 11 is 0. The van der Waals surface area contributed by atoms with Crippen LogP contribution in [-0.2, 0) is 15.1 Å². The Hall–Kier alpha value is -4.55. The summed E-state index contributed by atoms with van der Waals surface area (Å²) in [4.78, 5) is 0. The van der Waals surface area contributed by atoms with Gasteiger partial charge in [0.25, 0.3) is 0 Å². The molecule has 0 heterocycles. The molecule has 7 aromatic carbocycles.